The summed E-state index contributed by atoms with van der Waals surface area (Å²) in [7, 11) is 1.82. The van der Waals surface area contributed by atoms with Gasteiger partial charge in [0.15, 0.2) is 0 Å². The van der Waals surface area contributed by atoms with E-state index in [1.165, 1.54) is 38.6 Å². The Kier molecular flexibility index (Phi) is 4.51. The van der Waals surface area contributed by atoms with Crippen LogP contribution in [0.5, 0.6) is 0 Å². The van der Waals surface area contributed by atoms with Crippen LogP contribution in [-0.4, -0.2) is 42.0 Å². The topological polar surface area (TPSA) is 58.4 Å². The Morgan fingerprint density at radius 1 is 1.42 bits per heavy atom. The normalized spacial score (nSPS) is 32.6. The lowest BCUT2D eigenvalue weighted by atomic mass is 9.84. The molecule has 0 aromatic rings. The molecule has 1 saturated heterocycles. The molecule has 4 unspecified atom stereocenters. The van der Waals surface area contributed by atoms with Crippen molar-refractivity contribution >= 4 is 5.91 Å². The lowest BCUT2D eigenvalue weighted by molar-refractivity contribution is -0.124. The molecule has 2 rings (SSSR count). The van der Waals surface area contributed by atoms with Crippen molar-refractivity contribution in [1.29, 1.82) is 0 Å². The summed E-state index contributed by atoms with van der Waals surface area (Å²) in [6.07, 6.45) is 7.63. The highest BCUT2D eigenvalue weighted by Gasteiger charge is 2.40. The van der Waals surface area contributed by atoms with Crippen molar-refractivity contribution < 1.29 is 4.79 Å². The molecule has 1 aliphatic heterocycles. The highest BCUT2D eigenvalue weighted by molar-refractivity contribution is 5.84. The van der Waals surface area contributed by atoms with Gasteiger partial charge < -0.3 is 11.1 Å². The molecule has 3 N–H and O–H groups in total. The van der Waals surface area contributed by atoms with E-state index in [9.17, 15) is 4.79 Å². The minimum atomic E-state index is -0.591. The number of hydrogen-bond acceptors (Lipinski definition) is 3. The number of rotatable bonds is 5. The Morgan fingerprint density at radius 2 is 2.11 bits per heavy atom. The van der Waals surface area contributed by atoms with Crippen molar-refractivity contribution in [2.24, 2.45) is 11.7 Å². The SMILES string of the molecule is CNC(C)(CC(C)N1CCC2CCCCC21)C(N)=O. The van der Waals surface area contributed by atoms with E-state index < -0.39 is 5.54 Å². The van der Waals surface area contributed by atoms with Crippen LogP contribution in [-0.2, 0) is 4.79 Å². The van der Waals surface area contributed by atoms with E-state index in [4.69, 9.17) is 5.73 Å². The molecule has 2 fully saturated rings. The van der Waals surface area contributed by atoms with Crippen LogP contribution < -0.4 is 11.1 Å². The van der Waals surface area contributed by atoms with Gasteiger partial charge >= 0.3 is 0 Å². The van der Waals surface area contributed by atoms with E-state index in [-0.39, 0.29) is 5.91 Å². The van der Waals surface area contributed by atoms with E-state index in [2.05, 4.69) is 17.1 Å². The first kappa shape index (κ1) is 14.8. The van der Waals surface area contributed by atoms with E-state index in [1.807, 2.05) is 14.0 Å². The highest BCUT2D eigenvalue weighted by Crippen LogP contribution is 2.38. The van der Waals surface area contributed by atoms with Crippen LogP contribution in [0.4, 0.5) is 0 Å². The van der Waals surface area contributed by atoms with Crippen molar-refractivity contribution in [1.82, 2.24) is 10.2 Å². The first-order valence-electron chi connectivity index (χ1n) is 7.72. The predicted molar refractivity (Wildman–Crippen MR) is 77.8 cm³/mol. The lowest BCUT2D eigenvalue weighted by Crippen LogP contribution is -2.55. The van der Waals surface area contributed by atoms with Gasteiger partial charge in [0.2, 0.25) is 5.91 Å². The Bertz CT molecular complexity index is 333. The van der Waals surface area contributed by atoms with Crippen LogP contribution in [0, 0.1) is 5.92 Å². The van der Waals surface area contributed by atoms with Crippen molar-refractivity contribution in [2.45, 2.75) is 70.0 Å². The van der Waals surface area contributed by atoms with E-state index in [1.54, 1.807) is 0 Å². The molecule has 4 atom stereocenters. The Hall–Kier alpha value is -0.610. The summed E-state index contributed by atoms with van der Waals surface area (Å²) in [4.78, 5) is 14.3. The summed E-state index contributed by atoms with van der Waals surface area (Å²) >= 11 is 0. The fourth-order valence-corrected chi connectivity index (χ4v) is 4.02. The minimum absolute atomic E-state index is 0.249. The molecule has 2 aliphatic rings. The van der Waals surface area contributed by atoms with Crippen molar-refractivity contribution in [2.75, 3.05) is 13.6 Å². The van der Waals surface area contributed by atoms with Gasteiger partial charge in [-0.05, 0) is 59.0 Å². The molecular weight excluding hydrogens is 238 g/mol. The number of nitrogens with two attached hydrogens (primary N) is 1. The molecule has 110 valence electrons. The van der Waals surface area contributed by atoms with Crippen LogP contribution in [0.25, 0.3) is 0 Å². The number of fused-ring (bicyclic) bond motifs is 1. The summed E-state index contributed by atoms with van der Waals surface area (Å²) in [5.74, 6) is 0.645. The number of nitrogens with zero attached hydrogens (tertiary/aromatic N) is 1. The molecule has 0 radical (unpaired) electrons. The molecule has 1 aliphatic carbocycles. The second kappa shape index (κ2) is 5.80. The predicted octanol–water partition coefficient (Wildman–Crippen LogP) is 1.49. The number of nitrogens with one attached hydrogen (secondary N) is 1. The number of primary amides is 1. The molecular formula is C15H29N3O. The van der Waals surface area contributed by atoms with E-state index in [0.29, 0.717) is 6.04 Å². The molecule has 0 spiro atoms. The van der Waals surface area contributed by atoms with Gasteiger partial charge in [-0.1, -0.05) is 12.8 Å². The van der Waals surface area contributed by atoms with Crippen molar-refractivity contribution in [3.8, 4) is 0 Å². The van der Waals surface area contributed by atoms with Gasteiger partial charge in [0.05, 0.1) is 5.54 Å². The molecule has 0 aromatic heterocycles. The summed E-state index contributed by atoms with van der Waals surface area (Å²) in [6.45, 7) is 5.35. The average Bonchev–Trinajstić information content (AvgIpc) is 2.82. The molecule has 1 heterocycles. The minimum Gasteiger partial charge on any atom is -0.368 e. The maximum absolute atomic E-state index is 11.6. The van der Waals surface area contributed by atoms with Crippen LogP contribution >= 0.6 is 0 Å². The zero-order valence-corrected chi connectivity index (χ0v) is 12.6. The average molecular weight is 267 g/mol. The van der Waals surface area contributed by atoms with Crippen molar-refractivity contribution in [3.63, 3.8) is 0 Å². The first-order valence-corrected chi connectivity index (χ1v) is 7.72. The lowest BCUT2D eigenvalue weighted by Gasteiger charge is -2.38. The van der Waals surface area contributed by atoms with Gasteiger partial charge in [-0.15, -0.1) is 0 Å². The number of likely N-dealkylation sites (N-methyl/N-ethyl adjacent to an activating group) is 1. The third-order valence-electron chi connectivity index (χ3n) is 5.42. The molecule has 0 aromatic carbocycles. The molecule has 0 bridgehead atoms. The summed E-state index contributed by atoms with van der Waals surface area (Å²) in [5, 5.41) is 3.10. The van der Waals surface area contributed by atoms with Crippen LogP contribution in [0.15, 0.2) is 0 Å². The number of hydrogen-bond donors (Lipinski definition) is 2. The summed E-state index contributed by atoms with van der Waals surface area (Å²) in [5.41, 5.74) is 4.95. The third kappa shape index (κ3) is 2.95. The zero-order chi connectivity index (χ0) is 14.0. The highest BCUT2D eigenvalue weighted by atomic mass is 16.1. The van der Waals surface area contributed by atoms with Gasteiger partial charge in [-0.3, -0.25) is 9.69 Å². The van der Waals surface area contributed by atoms with Gasteiger partial charge in [0, 0.05) is 12.1 Å². The molecule has 1 saturated carbocycles. The monoisotopic (exact) mass is 267 g/mol. The van der Waals surface area contributed by atoms with Gasteiger partial charge in [0.1, 0.15) is 0 Å². The molecule has 19 heavy (non-hydrogen) atoms. The van der Waals surface area contributed by atoms with E-state index >= 15 is 0 Å². The number of carbonyl (C=O) groups excluding carboxylic acids is 1. The quantitative estimate of drug-likeness (QED) is 0.793. The Labute approximate surface area is 117 Å². The van der Waals surface area contributed by atoms with Gasteiger partial charge in [-0.25, -0.2) is 0 Å². The third-order valence-corrected chi connectivity index (χ3v) is 5.42. The number of likely N-dealkylation sites (tertiary alicyclic amines) is 1. The standard InChI is InChI=1S/C15H29N3O/c1-11(10-15(2,17-3)14(16)19)18-9-8-12-6-4-5-7-13(12)18/h11-13,17H,4-10H2,1-3H3,(H2,16,19). The van der Waals surface area contributed by atoms with Crippen LogP contribution in [0.2, 0.25) is 0 Å². The smallest absolute Gasteiger partial charge is 0.237 e. The molecule has 4 heteroatoms. The van der Waals surface area contributed by atoms with Gasteiger partial charge in [-0.2, -0.15) is 0 Å². The fourth-order valence-electron chi connectivity index (χ4n) is 4.02. The first-order chi connectivity index (χ1) is 8.98. The largest absolute Gasteiger partial charge is 0.368 e. The van der Waals surface area contributed by atoms with E-state index in [0.717, 1.165) is 18.4 Å². The molecule has 1 amide bonds. The summed E-state index contributed by atoms with van der Waals surface area (Å²) < 4.78 is 0. The van der Waals surface area contributed by atoms with Gasteiger partial charge in [0.25, 0.3) is 0 Å². The zero-order valence-electron chi connectivity index (χ0n) is 12.6. The molecule has 4 nitrogen and oxygen atoms in total. The Morgan fingerprint density at radius 3 is 2.74 bits per heavy atom. The fraction of sp³-hybridized carbons (Fsp3) is 0.933. The second-order valence-electron chi connectivity index (χ2n) is 6.64. The Balaban J connectivity index is 2.00. The van der Waals surface area contributed by atoms with Crippen LogP contribution in [0.3, 0.4) is 0 Å². The van der Waals surface area contributed by atoms with Crippen molar-refractivity contribution in [3.05, 3.63) is 0 Å². The maximum atomic E-state index is 11.6. The maximum Gasteiger partial charge on any atom is 0.237 e. The number of amides is 1. The van der Waals surface area contributed by atoms with Crippen LogP contribution in [0.1, 0.15) is 52.4 Å². The number of carbonyl (C=O) groups is 1. The second-order valence-corrected chi connectivity index (χ2v) is 6.64. The summed E-state index contributed by atoms with van der Waals surface area (Å²) in [6, 6.07) is 1.16.